The van der Waals surface area contributed by atoms with Gasteiger partial charge in [-0.3, -0.25) is 4.90 Å². The summed E-state index contributed by atoms with van der Waals surface area (Å²) in [7, 11) is 0. The van der Waals surface area contributed by atoms with Crippen LogP contribution in [0.15, 0.2) is 48.5 Å². The number of rotatable bonds is 11. The van der Waals surface area contributed by atoms with Gasteiger partial charge in [-0.05, 0) is 100 Å². The van der Waals surface area contributed by atoms with Gasteiger partial charge < -0.3 is 0 Å². The van der Waals surface area contributed by atoms with Gasteiger partial charge in [0.15, 0.2) is 0 Å². The van der Waals surface area contributed by atoms with Crippen LogP contribution in [-0.4, -0.2) is 23.5 Å². The largest absolute Gasteiger partial charge is 0.298 e. The number of hydrogen-bond donors (Lipinski definition) is 0. The van der Waals surface area contributed by atoms with E-state index in [0.717, 1.165) is 51.5 Å². The van der Waals surface area contributed by atoms with Gasteiger partial charge in [0.1, 0.15) is 0 Å². The first-order chi connectivity index (χ1) is 15.9. The molecule has 0 aliphatic heterocycles. The van der Waals surface area contributed by atoms with Crippen molar-refractivity contribution in [2.45, 2.75) is 107 Å². The molecule has 0 radical (unpaired) electrons. The summed E-state index contributed by atoms with van der Waals surface area (Å²) < 4.78 is 0. The van der Waals surface area contributed by atoms with Crippen molar-refractivity contribution in [3.05, 3.63) is 70.8 Å². The van der Waals surface area contributed by atoms with Crippen molar-refractivity contribution in [3.8, 4) is 0 Å². The van der Waals surface area contributed by atoms with Gasteiger partial charge in [-0.2, -0.15) is 0 Å². The third kappa shape index (κ3) is 5.47. The Balaban J connectivity index is 1.54. The summed E-state index contributed by atoms with van der Waals surface area (Å²) in [6, 6.07) is 18.8. The molecule has 2 fully saturated rings. The van der Waals surface area contributed by atoms with Gasteiger partial charge in [0.25, 0.3) is 0 Å². The van der Waals surface area contributed by atoms with Gasteiger partial charge in [-0.25, -0.2) is 0 Å². The molecule has 1 unspecified atom stereocenters. The van der Waals surface area contributed by atoms with Crippen molar-refractivity contribution < 1.29 is 0 Å². The molecule has 0 bridgehead atoms. The smallest absolute Gasteiger partial charge is 0.0697 e. The Morgan fingerprint density at radius 2 is 1.39 bits per heavy atom. The zero-order chi connectivity index (χ0) is 23.5. The maximum atomic E-state index is 7.15. The van der Waals surface area contributed by atoms with E-state index >= 15 is 0 Å². The predicted octanol–water partition coefficient (Wildman–Crippen LogP) is 8.59. The lowest BCUT2D eigenvalue weighted by Crippen LogP contribution is -2.42. The summed E-state index contributed by atoms with van der Waals surface area (Å²) in [5.41, 5.74) is 5.63. The minimum Gasteiger partial charge on any atom is -0.298 e. The fourth-order valence-electron chi connectivity index (χ4n) is 5.89. The molecule has 0 spiro atoms. The topological polar surface area (TPSA) is 3.24 Å². The summed E-state index contributed by atoms with van der Waals surface area (Å²) in [5.74, 6) is 0. The van der Waals surface area contributed by atoms with Crippen molar-refractivity contribution in [1.82, 2.24) is 4.90 Å². The number of halogens is 2. The van der Waals surface area contributed by atoms with Gasteiger partial charge in [-0.1, -0.05) is 55.5 Å². The molecule has 0 N–H and O–H groups in total. The molecule has 2 saturated carbocycles. The predicted molar refractivity (Wildman–Crippen MR) is 144 cm³/mol. The van der Waals surface area contributed by atoms with Crippen molar-refractivity contribution in [1.29, 1.82) is 0 Å². The van der Waals surface area contributed by atoms with E-state index in [9.17, 15) is 0 Å². The lowest BCUT2D eigenvalue weighted by atomic mass is 9.71. The summed E-state index contributed by atoms with van der Waals surface area (Å²) in [5, 5.41) is 0. The Labute approximate surface area is 211 Å². The molecule has 33 heavy (non-hydrogen) atoms. The minimum absolute atomic E-state index is 0.172. The molecule has 0 saturated heterocycles. The number of hydrogen-bond acceptors (Lipinski definition) is 1. The van der Waals surface area contributed by atoms with Crippen molar-refractivity contribution in [3.63, 3.8) is 0 Å². The molecule has 4 rings (SSSR count). The van der Waals surface area contributed by atoms with E-state index in [4.69, 9.17) is 23.2 Å². The van der Waals surface area contributed by atoms with Gasteiger partial charge in [0.05, 0.1) is 9.75 Å². The molecular formula is C30H41Cl2N. The number of alkyl halides is 2. The van der Waals surface area contributed by atoms with Crippen LogP contribution in [-0.2, 0) is 22.6 Å². The monoisotopic (exact) mass is 485 g/mol. The Hall–Kier alpha value is -1.02. The Morgan fingerprint density at radius 1 is 0.818 bits per heavy atom. The van der Waals surface area contributed by atoms with Crippen LogP contribution in [0.4, 0.5) is 0 Å². The summed E-state index contributed by atoms with van der Waals surface area (Å²) in [6.45, 7) is 8.14. The molecule has 1 atom stereocenters. The van der Waals surface area contributed by atoms with Gasteiger partial charge in [0, 0.05) is 18.6 Å². The van der Waals surface area contributed by atoms with Crippen LogP contribution < -0.4 is 0 Å². The summed E-state index contributed by atoms with van der Waals surface area (Å²) in [4.78, 5) is 2.37. The molecule has 2 aliphatic carbocycles. The highest BCUT2D eigenvalue weighted by atomic mass is 35.5. The highest BCUT2D eigenvalue weighted by molar-refractivity contribution is 6.25. The highest BCUT2D eigenvalue weighted by Gasteiger charge is 2.43. The van der Waals surface area contributed by atoms with E-state index in [1.807, 2.05) is 0 Å². The molecule has 0 aromatic heterocycles. The maximum absolute atomic E-state index is 7.15. The Morgan fingerprint density at radius 3 is 1.85 bits per heavy atom. The fourth-order valence-corrected chi connectivity index (χ4v) is 6.78. The van der Waals surface area contributed by atoms with Crippen molar-refractivity contribution in [2.24, 2.45) is 0 Å². The zero-order valence-corrected chi connectivity index (χ0v) is 22.3. The normalized spacial score (nSPS) is 19.8. The zero-order valence-electron chi connectivity index (χ0n) is 20.8. The molecule has 1 nitrogen and oxygen atoms in total. The van der Waals surface area contributed by atoms with Crippen LogP contribution in [0.3, 0.4) is 0 Å². The molecule has 0 amide bonds. The van der Waals surface area contributed by atoms with E-state index in [1.165, 1.54) is 41.5 Å². The Kier molecular flexibility index (Phi) is 8.14. The second-order valence-corrected chi connectivity index (χ2v) is 12.1. The lowest BCUT2D eigenvalue weighted by molar-refractivity contribution is 0.142. The second kappa shape index (κ2) is 10.7. The Bertz CT molecular complexity index is 861. The third-order valence-corrected chi connectivity index (χ3v) is 9.43. The molecule has 0 heterocycles. The van der Waals surface area contributed by atoms with Crippen LogP contribution in [0.25, 0.3) is 0 Å². The van der Waals surface area contributed by atoms with E-state index in [1.54, 1.807) is 0 Å². The van der Waals surface area contributed by atoms with Crippen LogP contribution >= 0.6 is 23.2 Å². The minimum atomic E-state index is -0.172. The lowest BCUT2D eigenvalue weighted by Gasteiger charge is -2.43. The number of nitrogens with zero attached hydrogens (tertiary/aromatic N) is 1. The first-order valence-corrected chi connectivity index (χ1v) is 13.9. The van der Waals surface area contributed by atoms with Crippen LogP contribution in [0, 0.1) is 0 Å². The van der Waals surface area contributed by atoms with Gasteiger partial charge in [0.2, 0.25) is 0 Å². The van der Waals surface area contributed by atoms with E-state index in [2.05, 4.69) is 74.2 Å². The van der Waals surface area contributed by atoms with Crippen molar-refractivity contribution >= 4 is 23.2 Å². The molecule has 180 valence electrons. The first-order valence-electron chi connectivity index (χ1n) is 13.2. The highest BCUT2D eigenvalue weighted by Crippen LogP contribution is 2.53. The van der Waals surface area contributed by atoms with Crippen LogP contribution in [0.2, 0.25) is 0 Å². The molecule has 2 aromatic carbocycles. The van der Waals surface area contributed by atoms with E-state index in [-0.39, 0.29) is 9.75 Å². The molecule has 2 aliphatic rings. The summed E-state index contributed by atoms with van der Waals surface area (Å²) >= 11 is 14.3. The first kappa shape index (κ1) is 25.1. The average Bonchev–Trinajstić information content (AvgIpc) is 2.78. The van der Waals surface area contributed by atoms with Crippen molar-refractivity contribution in [2.75, 3.05) is 6.54 Å². The summed E-state index contributed by atoms with van der Waals surface area (Å²) in [6.07, 6.45) is 11.3. The molecule has 2 aromatic rings. The van der Waals surface area contributed by atoms with Crippen LogP contribution in [0.5, 0.6) is 0 Å². The number of benzene rings is 2. The third-order valence-electron chi connectivity index (χ3n) is 8.27. The van der Waals surface area contributed by atoms with Crippen LogP contribution in [0.1, 0.15) is 94.4 Å². The molecule has 3 heteroatoms. The van der Waals surface area contributed by atoms with Gasteiger partial charge in [-0.15, -0.1) is 23.2 Å². The van der Waals surface area contributed by atoms with E-state index in [0.29, 0.717) is 12.1 Å². The quantitative estimate of drug-likeness (QED) is 0.288. The van der Waals surface area contributed by atoms with Gasteiger partial charge >= 0.3 is 0 Å². The standard InChI is InChI=1S/C30H41Cl2N/c1-4-25(33(23(2)3)22-17-24-11-6-5-7-12-24)15-16-26-27(29(31)18-9-19-29)13-8-14-28(26)30(32)20-10-21-30/h5-8,11-14,23,25H,4,9-10,15-22H2,1-3H3. The SMILES string of the molecule is CCC(CCc1c(C2(Cl)CCC2)cccc1C1(Cl)CCC1)N(CCc1ccccc1)C(C)C. The fraction of sp³-hybridized carbons (Fsp3) is 0.600. The average molecular weight is 487 g/mol. The maximum Gasteiger partial charge on any atom is 0.0697 e. The van der Waals surface area contributed by atoms with E-state index < -0.39 is 0 Å². The molecular weight excluding hydrogens is 445 g/mol. The second-order valence-electron chi connectivity index (χ2n) is 10.6.